The van der Waals surface area contributed by atoms with E-state index in [0.717, 1.165) is 34.1 Å². The Balaban J connectivity index is 1.35. The molecule has 0 aromatic carbocycles. The van der Waals surface area contributed by atoms with Crippen LogP contribution in [0.1, 0.15) is 54.3 Å². The number of hydrogen-bond acceptors (Lipinski definition) is 7. The average Bonchev–Trinajstić information content (AvgIpc) is 3.41. The zero-order valence-corrected chi connectivity index (χ0v) is 20.4. The van der Waals surface area contributed by atoms with Gasteiger partial charge in [0.15, 0.2) is 0 Å². The number of aromatic nitrogens is 2. The molecule has 32 heavy (non-hydrogen) atoms. The van der Waals surface area contributed by atoms with Crippen molar-refractivity contribution in [3.63, 3.8) is 0 Å². The Morgan fingerprint density at radius 1 is 1.34 bits per heavy atom. The predicted molar refractivity (Wildman–Crippen MR) is 130 cm³/mol. The van der Waals surface area contributed by atoms with E-state index in [9.17, 15) is 9.59 Å². The van der Waals surface area contributed by atoms with E-state index in [-0.39, 0.29) is 22.8 Å². The van der Waals surface area contributed by atoms with E-state index in [2.05, 4.69) is 20.2 Å². The normalized spacial score (nSPS) is 16.8. The van der Waals surface area contributed by atoms with Crippen LogP contribution in [0.2, 0.25) is 0 Å². The molecule has 7 nitrogen and oxygen atoms in total. The van der Waals surface area contributed by atoms with E-state index in [1.807, 2.05) is 32.9 Å². The molecule has 1 fully saturated rings. The number of piperidine rings is 1. The number of thioether (sulfide) groups is 1. The van der Waals surface area contributed by atoms with Crippen molar-refractivity contribution >= 4 is 39.2 Å². The van der Waals surface area contributed by atoms with Crippen LogP contribution in [0.15, 0.2) is 27.6 Å². The van der Waals surface area contributed by atoms with E-state index in [4.69, 9.17) is 4.42 Å². The quantitative estimate of drug-likeness (QED) is 0.509. The predicted octanol–water partition coefficient (Wildman–Crippen LogP) is 4.16. The molecular weight excluding hydrogens is 444 g/mol. The zero-order chi connectivity index (χ0) is 22.7. The summed E-state index contributed by atoms with van der Waals surface area (Å²) in [5.41, 5.74) is 0.887. The van der Waals surface area contributed by atoms with Gasteiger partial charge in [0.2, 0.25) is 5.91 Å². The van der Waals surface area contributed by atoms with Crippen LogP contribution in [0.4, 0.5) is 0 Å². The molecule has 1 aliphatic heterocycles. The van der Waals surface area contributed by atoms with Crippen molar-refractivity contribution in [1.82, 2.24) is 20.2 Å². The molecule has 2 unspecified atom stereocenters. The van der Waals surface area contributed by atoms with Gasteiger partial charge in [0.1, 0.15) is 16.4 Å². The Hall–Kier alpha value is -2.10. The lowest BCUT2D eigenvalue weighted by molar-refractivity contribution is -0.120. The number of nitrogens with one attached hydrogen (secondary N) is 2. The van der Waals surface area contributed by atoms with Gasteiger partial charge in [-0.15, -0.1) is 23.1 Å². The molecule has 3 aromatic rings. The summed E-state index contributed by atoms with van der Waals surface area (Å²) < 4.78 is 5.66. The number of thiophene rings is 1. The number of carbonyl (C=O) groups excluding carboxylic acids is 1. The highest BCUT2D eigenvalue weighted by molar-refractivity contribution is 7.99. The highest BCUT2D eigenvalue weighted by atomic mass is 32.2. The van der Waals surface area contributed by atoms with Gasteiger partial charge in [-0.3, -0.25) is 14.5 Å². The van der Waals surface area contributed by atoms with Crippen LogP contribution >= 0.6 is 23.1 Å². The minimum Gasteiger partial charge on any atom is -0.468 e. The molecule has 1 saturated heterocycles. The fraction of sp³-hybridized carbons (Fsp3) is 0.522. The van der Waals surface area contributed by atoms with Gasteiger partial charge in [0.25, 0.3) is 5.56 Å². The molecule has 2 N–H and O–H groups in total. The van der Waals surface area contributed by atoms with Crippen molar-refractivity contribution in [3.8, 4) is 0 Å². The molecule has 0 aliphatic carbocycles. The van der Waals surface area contributed by atoms with Crippen molar-refractivity contribution < 1.29 is 9.21 Å². The second kappa shape index (κ2) is 10.2. The molecule has 4 heterocycles. The third kappa shape index (κ3) is 5.10. The second-order valence-electron chi connectivity index (χ2n) is 8.30. The van der Waals surface area contributed by atoms with Crippen LogP contribution in [-0.4, -0.2) is 45.7 Å². The molecule has 0 spiro atoms. The lowest BCUT2D eigenvalue weighted by atomic mass is 10.1. The summed E-state index contributed by atoms with van der Waals surface area (Å²) in [6, 6.07) is 3.93. The van der Waals surface area contributed by atoms with Crippen LogP contribution in [0, 0.1) is 13.8 Å². The Morgan fingerprint density at radius 2 is 2.12 bits per heavy atom. The van der Waals surface area contributed by atoms with E-state index in [0.29, 0.717) is 23.5 Å². The number of amides is 1. The van der Waals surface area contributed by atoms with Gasteiger partial charge in [-0.05, 0) is 64.4 Å². The first-order valence-electron chi connectivity index (χ1n) is 11.1. The number of nitrogens with zero attached hydrogens (tertiary/aromatic N) is 2. The number of furan rings is 1. The fourth-order valence-electron chi connectivity index (χ4n) is 4.11. The number of aryl methyl sites for hydroxylation is 2. The molecule has 9 heteroatoms. The standard InChI is InChI=1S/C23H30N4O3S2/c1-14-15(2)32-23-20(14)22(29)25-19(26-23)13-31-16(3)21(28)24-12-17(18-8-7-11-30-18)27-9-5-4-6-10-27/h7-8,11,16-17H,4-6,9-10,12-13H2,1-3H3,(H,24,28)(H,25,26,29). The van der Waals surface area contributed by atoms with Crippen LogP contribution in [0.25, 0.3) is 10.2 Å². The maximum absolute atomic E-state index is 12.8. The molecule has 172 valence electrons. The second-order valence-corrected chi connectivity index (χ2v) is 10.8. The van der Waals surface area contributed by atoms with E-state index in [1.165, 1.54) is 42.4 Å². The summed E-state index contributed by atoms with van der Waals surface area (Å²) in [4.78, 5) is 37.0. The lowest BCUT2D eigenvalue weighted by Gasteiger charge is -2.33. The van der Waals surface area contributed by atoms with Gasteiger partial charge in [-0.1, -0.05) is 6.42 Å². The zero-order valence-electron chi connectivity index (χ0n) is 18.8. The number of carbonyl (C=O) groups is 1. The lowest BCUT2D eigenvalue weighted by Crippen LogP contribution is -2.42. The Bertz CT molecular complexity index is 1120. The number of likely N-dealkylation sites (tertiary alicyclic amines) is 1. The monoisotopic (exact) mass is 474 g/mol. The van der Waals surface area contributed by atoms with Crippen molar-refractivity contribution in [2.45, 2.75) is 57.1 Å². The Kier molecular flexibility index (Phi) is 7.37. The molecule has 1 amide bonds. The highest BCUT2D eigenvalue weighted by Crippen LogP contribution is 2.27. The molecule has 0 bridgehead atoms. The van der Waals surface area contributed by atoms with Crippen LogP contribution < -0.4 is 10.9 Å². The number of rotatable bonds is 8. The number of hydrogen-bond donors (Lipinski definition) is 2. The molecule has 2 atom stereocenters. The first-order chi connectivity index (χ1) is 15.4. The Morgan fingerprint density at radius 3 is 2.84 bits per heavy atom. The van der Waals surface area contributed by atoms with Crippen molar-refractivity contribution in [3.05, 3.63) is 50.8 Å². The smallest absolute Gasteiger partial charge is 0.259 e. The van der Waals surface area contributed by atoms with E-state index >= 15 is 0 Å². The molecule has 4 rings (SSSR count). The average molecular weight is 475 g/mol. The minimum atomic E-state index is -0.263. The molecule has 0 saturated carbocycles. The largest absolute Gasteiger partial charge is 0.468 e. The van der Waals surface area contributed by atoms with Crippen LogP contribution in [0.3, 0.4) is 0 Å². The number of fused-ring (bicyclic) bond motifs is 1. The summed E-state index contributed by atoms with van der Waals surface area (Å²) in [5, 5.41) is 3.52. The summed E-state index contributed by atoms with van der Waals surface area (Å²) in [6.07, 6.45) is 5.30. The maximum Gasteiger partial charge on any atom is 0.259 e. The van der Waals surface area contributed by atoms with E-state index < -0.39 is 0 Å². The number of H-pyrrole nitrogens is 1. The van der Waals surface area contributed by atoms with Gasteiger partial charge in [0, 0.05) is 11.4 Å². The van der Waals surface area contributed by atoms with Gasteiger partial charge in [-0.2, -0.15) is 0 Å². The summed E-state index contributed by atoms with van der Waals surface area (Å²) in [7, 11) is 0. The first kappa shape index (κ1) is 23.1. The van der Waals surface area contributed by atoms with Gasteiger partial charge < -0.3 is 14.7 Å². The molecular formula is C23H30N4O3S2. The van der Waals surface area contributed by atoms with Crippen molar-refractivity contribution in [2.24, 2.45) is 0 Å². The highest BCUT2D eigenvalue weighted by Gasteiger charge is 2.26. The third-order valence-electron chi connectivity index (χ3n) is 6.10. The first-order valence-corrected chi connectivity index (χ1v) is 13.0. The summed E-state index contributed by atoms with van der Waals surface area (Å²) in [5.74, 6) is 1.96. The summed E-state index contributed by atoms with van der Waals surface area (Å²) >= 11 is 3.01. The van der Waals surface area contributed by atoms with Crippen LogP contribution in [0.5, 0.6) is 0 Å². The van der Waals surface area contributed by atoms with E-state index in [1.54, 1.807) is 6.26 Å². The van der Waals surface area contributed by atoms with Gasteiger partial charge >= 0.3 is 0 Å². The minimum absolute atomic E-state index is 0.0187. The topological polar surface area (TPSA) is 91.2 Å². The van der Waals surface area contributed by atoms with Crippen LogP contribution in [-0.2, 0) is 10.5 Å². The van der Waals surface area contributed by atoms with Crippen molar-refractivity contribution in [2.75, 3.05) is 19.6 Å². The van der Waals surface area contributed by atoms with Gasteiger partial charge in [-0.25, -0.2) is 4.98 Å². The Labute approximate surface area is 196 Å². The molecule has 0 radical (unpaired) electrons. The SMILES string of the molecule is Cc1sc2nc(CSC(C)C(=O)NCC(c3ccco3)N3CCCCC3)[nH]c(=O)c2c1C. The molecule has 1 aliphatic rings. The number of aromatic amines is 1. The summed E-state index contributed by atoms with van der Waals surface area (Å²) in [6.45, 7) is 8.40. The van der Waals surface area contributed by atoms with Gasteiger partial charge in [0.05, 0.1) is 28.7 Å². The maximum atomic E-state index is 12.8. The fourth-order valence-corrected chi connectivity index (χ4v) is 5.94. The molecule has 3 aromatic heterocycles. The van der Waals surface area contributed by atoms with Crippen molar-refractivity contribution in [1.29, 1.82) is 0 Å². The third-order valence-corrected chi connectivity index (χ3v) is 8.36.